The third-order valence-electron chi connectivity index (χ3n) is 4.21. The SMILES string of the molecule is O=C(O)N(Cl)c1cccc(-c2cn3nc(-c4cccnc4C(F)(F)F)ccc3n2)c1. The van der Waals surface area contributed by atoms with E-state index in [1.54, 1.807) is 12.1 Å². The molecule has 1 amide bonds. The summed E-state index contributed by atoms with van der Waals surface area (Å²) in [5.74, 6) is 0. The molecular formula is C19H11ClF3N5O2. The number of hydrogen-bond donors (Lipinski definition) is 1. The molecule has 4 rings (SSSR count). The van der Waals surface area contributed by atoms with Crippen molar-refractivity contribution in [1.29, 1.82) is 0 Å². The first kappa shape index (κ1) is 19.6. The zero-order chi connectivity index (χ0) is 21.5. The van der Waals surface area contributed by atoms with Crippen molar-refractivity contribution in [2.75, 3.05) is 4.42 Å². The predicted molar refractivity (Wildman–Crippen MR) is 103 cm³/mol. The van der Waals surface area contributed by atoms with Crippen LogP contribution in [0.25, 0.3) is 28.2 Å². The zero-order valence-electron chi connectivity index (χ0n) is 14.9. The fourth-order valence-corrected chi connectivity index (χ4v) is 3.01. The first-order chi connectivity index (χ1) is 14.2. The van der Waals surface area contributed by atoms with Crippen LogP contribution < -0.4 is 4.42 Å². The van der Waals surface area contributed by atoms with E-state index in [-0.39, 0.29) is 16.9 Å². The van der Waals surface area contributed by atoms with Crippen molar-refractivity contribution in [1.82, 2.24) is 19.6 Å². The lowest BCUT2D eigenvalue weighted by Gasteiger charge is -2.10. The number of benzene rings is 1. The molecule has 1 aromatic carbocycles. The molecule has 0 saturated carbocycles. The largest absolute Gasteiger partial charge is 0.464 e. The molecule has 0 radical (unpaired) electrons. The van der Waals surface area contributed by atoms with Gasteiger partial charge in [0.25, 0.3) is 0 Å². The van der Waals surface area contributed by atoms with Gasteiger partial charge in [0.05, 0.1) is 23.3 Å². The van der Waals surface area contributed by atoms with E-state index in [4.69, 9.17) is 16.9 Å². The molecule has 11 heteroatoms. The first-order valence-corrected chi connectivity index (χ1v) is 8.76. The van der Waals surface area contributed by atoms with Gasteiger partial charge >= 0.3 is 12.3 Å². The number of alkyl halides is 3. The van der Waals surface area contributed by atoms with Crippen molar-refractivity contribution in [3.05, 3.63) is 66.6 Å². The van der Waals surface area contributed by atoms with Gasteiger partial charge < -0.3 is 5.11 Å². The fourth-order valence-electron chi connectivity index (χ4n) is 2.90. The van der Waals surface area contributed by atoms with Gasteiger partial charge in [-0.3, -0.25) is 4.98 Å². The highest BCUT2D eigenvalue weighted by atomic mass is 35.5. The van der Waals surface area contributed by atoms with Gasteiger partial charge in [-0.1, -0.05) is 12.1 Å². The Bertz CT molecular complexity index is 1260. The molecule has 30 heavy (non-hydrogen) atoms. The number of imidazole rings is 1. The van der Waals surface area contributed by atoms with Crippen LogP contribution in [-0.2, 0) is 6.18 Å². The van der Waals surface area contributed by atoms with Crippen LogP contribution in [0.2, 0.25) is 0 Å². The van der Waals surface area contributed by atoms with Gasteiger partial charge in [0.15, 0.2) is 11.3 Å². The Morgan fingerprint density at radius 2 is 1.90 bits per heavy atom. The van der Waals surface area contributed by atoms with Crippen molar-refractivity contribution in [3.8, 4) is 22.5 Å². The normalized spacial score (nSPS) is 11.6. The maximum atomic E-state index is 13.3. The summed E-state index contributed by atoms with van der Waals surface area (Å²) in [5.41, 5.74) is 0.528. The molecule has 4 aromatic rings. The Morgan fingerprint density at radius 1 is 1.10 bits per heavy atom. The second-order valence-electron chi connectivity index (χ2n) is 6.16. The molecule has 0 aliphatic rings. The van der Waals surface area contributed by atoms with E-state index in [2.05, 4.69) is 15.1 Å². The Labute approximate surface area is 172 Å². The maximum Gasteiger partial charge on any atom is 0.434 e. The zero-order valence-corrected chi connectivity index (χ0v) is 15.6. The van der Waals surface area contributed by atoms with Gasteiger partial charge in [-0.15, -0.1) is 0 Å². The maximum absolute atomic E-state index is 13.3. The van der Waals surface area contributed by atoms with E-state index in [1.165, 1.54) is 47.1 Å². The van der Waals surface area contributed by atoms with E-state index >= 15 is 0 Å². The topological polar surface area (TPSA) is 83.6 Å². The summed E-state index contributed by atoms with van der Waals surface area (Å²) >= 11 is 5.72. The van der Waals surface area contributed by atoms with Crippen molar-refractivity contribution < 1.29 is 23.1 Å². The third kappa shape index (κ3) is 3.64. The highest BCUT2D eigenvalue weighted by Crippen LogP contribution is 2.34. The molecule has 0 spiro atoms. The van der Waals surface area contributed by atoms with Crippen molar-refractivity contribution in [2.24, 2.45) is 0 Å². The van der Waals surface area contributed by atoms with Gasteiger partial charge in [-0.2, -0.15) is 22.7 Å². The summed E-state index contributed by atoms with van der Waals surface area (Å²) in [6.45, 7) is 0. The predicted octanol–water partition coefficient (Wildman–Crippen LogP) is 5.12. The standard InChI is InChI=1S/C19H11ClF3N5O2/c20-28(18(29)30)12-4-1-3-11(9-12)15-10-27-16(25-15)7-6-14(26-27)13-5-2-8-24-17(13)19(21,22)23/h1-10H,(H,29,30). The molecule has 7 nitrogen and oxygen atoms in total. The molecule has 152 valence electrons. The second kappa shape index (κ2) is 7.30. The quantitative estimate of drug-likeness (QED) is 0.454. The smallest absolute Gasteiger partial charge is 0.434 e. The fraction of sp³-hybridized carbons (Fsp3) is 0.0526. The Hall–Kier alpha value is -3.66. The van der Waals surface area contributed by atoms with Gasteiger partial charge in [-0.05, 0) is 36.4 Å². The molecule has 1 N–H and O–H groups in total. The van der Waals surface area contributed by atoms with E-state index in [1.807, 2.05) is 0 Å². The molecule has 0 bridgehead atoms. The number of rotatable bonds is 3. The lowest BCUT2D eigenvalue weighted by atomic mass is 10.1. The van der Waals surface area contributed by atoms with E-state index in [9.17, 15) is 18.0 Å². The van der Waals surface area contributed by atoms with Crippen LogP contribution in [-0.4, -0.2) is 30.8 Å². The lowest BCUT2D eigenvalue weighted by molar-refractivity contribution is -0.140. The first-order valence-electron chi connectivity index (χ1n) is 8.42. The molecule has 0 aliphatic heterocycles. The number of carboxylic acid groups (broad SMARTS) is 1. The van der Waals surface area contributed by atoms with Gasteiger partial charge in [0, 0.05) is 29.1 Å². The summed E-state index contributed by atoms with van der Waals surface area (Å²) in [6.07, 6.45) is -3.36. The average Bonchev–Trinajstić information content (AvgIpc) is 3.16. The summed E-state index contributed by atoms with van der Waals surface area (Å²) in [5, 5.41) is 13.2. The Balaban J connectivity index is 1.77. The van der Waals surface area contributed by atoms with E-state index in [0.29, 0.717) is 21.3 Å². The molecule has 0 aliphatic carbocycles. The second-order valence-corrected chi connectivity index (χ2v) is 6.50. The number of fused-ring (bicyclic) bond motifs is 1. The van der Waals surface area contributed by atoms with Gasteiger partial charge in [-0.25, -0.2) is 14.3 Å². The number of hydrogen-bond acceptors (Lipinski definition) is 4. The van der Waals surface area contributed by atoms with Crippen LogP contribution in [0.3, 0.4) is 0 Å². The summed E-state index contributed by atoms with van der Waals surface area (Å²) < 4.78 is 41.7. The minimum atomic E-state index is -4.62. The van der Waals surface area contributed by atoms with Crippen LogP contribution in [0, 0.1) is 0 Å². The third-order valence-corrected chi connectivity index (χ3v) is 4.55. The number of anilines is 1. The number of aromatic nitrogens is 4. The van der Waals surface area contributed by atoms with E-state index < -0.39 is 18.0 Å². The van der Waals surface area contributed by atoms with Crippen LogP contribution >= 0.6 is 11.8 Å². The number of pyridine rings is 1. The van der Waals surface area contributed by atoms with Crippen LogP contribution in [0.15, 0.2) is 60.9 Å². The monoisotopic (exact) mass is 433 g/mol. The highest BCUT2D eigenvalue weighted by Gasteiger charge is 2.35. The molecule has 0 fully saturated rings. The molecule has 0 saturated heterocycles. The number of carbonyl (C=O) groups is 1. The van der Waals surface area contributed by atoms with Gasteiger partial charge in [0.2, 0.25) is 0 Å². The summed E-state index contributed by atoms with van der Waals surface area (Å²) in [7, 11) is 0. The van der Waals surface area contributed by atoms with Crippen molar-refractivity contribution in [2.45, 2.75) is 6.18 Å². The van der Waals surface area contributed by atoms with Crippen LogP contribution in [0.5, 0.6) is 0 Å². The number of halogens is 4. The minimum Gasteiger partial charge on any atom is -0.464 e. The van der Waals surface area contributed by atoms with E-state index in [0.717, 1.165) is 6.20 Å². The summed E-state index contributed by atoms with van der Waals surface area (Å²) in [6, 6.07) is 12.0. The number of amides is 1. The Kier molecular flexibility index (Phi) is 4.78. The summed E-state index contributed by atoms with van der Waals surface area (Å²) in [4.78, 5) is 18.9. The highest BCUT2D eigenvalue weighted by molar-refractivity contribution is 6.35. The van der Waals surface area contributed by atoms with Crippen LogP contribution in [0.4, 0.5) is 23.7 Å². The van der Waals surface area contributed by atoms with Crippen molar-refractivity contribution >= 4 is 29.2 Å². The average molecular weight is 434 g/mol. The molecule has 0 atom stereocenters. The minimum absolute atomic E-state index is 0.0819. The van der Waals surface area contributed by atoms with Crippen molar-refractivity contribution in [3.63, 3.8) is 0 Å². The number of nitrogens with zero attached hydrogens (tertiary/aromatic N) is 5. The molecular weight excluding hydrogens is 423 g/mol. The van der Waals surface area contributed by atoms with Crippen LogP contribution in [0.1, 0.15) is 5.69 Å². The lowest BCUT2D eigenvalue weighted by Crippen LogP contribution is -2.17. The molecule has 3 aromatic heterocycles. The molecule has 0 unspecified atom stereocenters. The van der Waals surface area contributed by atoms with Gasteiger partial charge in [0.1, 0.15) is 0 Å². The molecule has 3 heterocycles. The Morgan fingerprint density at radius 3 is 2.63 bits per heavy atom.